The van der Waals surface area contributed by atoms with Crippen molar-refractivity contribution in [1.29, 1.82) is 0 Å². The number of carboxylic acids is 1. The smallest absolute Gasteiger partial charge is 0.307 e. The van der Waals surface area contributed by atoms with Gasteiger partial charge in [0.1, 0.15) is 0 Å². The molecular weight excluding hydrogens is 246 g/mol. The van der Waals surface area contributed by atoms with Gasteiger partial charge in [0.2, 0.25) is 5.91 Å². The second-order valence-corrected chi connectivity index (χ2v) is 5.31. The van der Waals surface area contributed by atoms with Gasteiger partial charge in [-0.1, -0.05) is 26.0 Å². The Morgan fingerprint density at radius 1 is 1.32 bits per heavy atom. The summed E-state index contributed by atoms with van der Waals surface area (Å²) in [7, 11) is 1.59. The summed E-state index contributed by atoms with van der Waals surface area (Å²) in [5, 5.41) is 12.1. The molecule has 0 bridgehead atoms. The predicted octanol–water partition coefficient (Wildman–Crippen LogP) is 1.44. The van der Waals surface area contributed by atoms with Crippen LogP contribution < -0.4 is 5.32 Å². The highest BCUT2D eigenvalue weighted by atomic mass is 16.5. The first-order chi connectivity index (χ1) is 8.97. The molecule has 0 heterocycles. The number of amides is 1. The van der Waals surface area contributed by atoms with Crippen LogP contribution >= 0.6 is 0 Å². The van der Waals surface area contributed by atoms with Crippen LogP contribution in [0.25, 0.3) is 0 Å². The number of aliphatic carboxylic acids is 1. The van der Waals surface area contributed by atoms with Gasteiger partial charge in [-0.2, -0.15) is 0 Å². The monoisotopic (exact) mass is 269 g/mol. The van der Waals surface area contributed by atoms with E-state index < -0.39 is 17.8 Å². The van der Waals surface area contributed by atoms with Crippen molar-refractivity contribution in [3.63, 3.8) is 0 Å². The second-order valence-electron chi connectivity index (χ2n) is 5.31. The molecule has 0 radical (unpaired) electrons. The van der Waals surface area contributed by atoms with E-state index in [0.29, 0.717) is 19.4 Å². The number of hydrogen-bond donors (Lipinski definition) is 2. The van der Waals surface area contributed by atoms with Gasteiger partial charge in [0.25, 0.3) is 0 Å². The summed E-state index contributed by atoms with van der Waals surface area (Å²) in [5.74, 6) is -1.96. The van der Waals surface area contributed by atoms with E-state index in [9.17, 15) is 9.59 Å². The summed E-state index contributed by atoms with van der Waals surface area (Å²) < 4.78 is 5.08. The third-order valence-corrected chi connectivity index (χ3v) is 3.56. The van der Waals surface area contributed by atoms with Crippen LogP contribution in [0.4, 0.5) is 0 Å². The van der Waals surface area contributed by atoms with Crippen molar-refractivity contribution >= 4 is 11.9 Å². The van der Waals surface area contributed by atoms with Gasteiger partial charge in [0.15, 0.2) is 0 Å². The number of carbonyl (C=O) groups excluding carboxylic acids is 1. The third-order valence-electron chi connectivity index (χ3n) is 3.56. The van der Waals surface area contributed by atoms with Crippen LogP contribution in [-0.4, -0.2) is 36.7 Å². The lowest BCUT2D eigenvalue weighted by atomic mass is 9.82. The minimum Gasteiger partial charge on any atom is -0.481 e. The normalized spacial score (nSPS) is 24.2. The molecule has 2 N–H and O–H groups in total. The molecule has 19 heavy (non-hydrogen) atoms. The third kappa shape index (κ3) is 4.35. The lowest BCUT2D eigenvalue weighted by Crippen LogP contribution is -2.47. The van der Waals surface area contributed by atoms with E-state index >= 15 is 0 Å². The summed E-state index contributed by atoms with van der Waals surface area (Å²) in [4.78, 5) is 23.4. The van der Waals surface area contributed by atoms with Crippen LogP contribution in [0.2, 0.25) is 0 Å². The molecule has 0 spiro atoms. The van der Waals surface area contributed by atoms with Crippen molar-refractivity contribution < 1.29 is 19.4 Å². The Morgan fingerprint density at radius 3 is 2.37 bits per heavy atom. The van der Waals surface area contributed by atoms with Crippen LogP contribution in [0, 0.1) is 17.8 Å². The molecule has 1 amide bonds. The van der Waals surface area contributed by atoms with Gasteiger partial charge < -0.3 is 15.2 Å². The lowest BCUT2D eigenvalue weighted by Gasteiger charge is -2.28. The summed E-state index contributed by atoms with van der Waals surface area (Å²) in [6, 6.07) is -0.0853. The summed E-state index contributed by atoms with van der Waals surface area (Å²) in [5.41, 5.74) is 0. The van der Waals surface area contributed by atoms with Crippen molar-refractivity contribution in [1.82, 2.24) is 5.32 Å². The largest absolute Gasteiger partial charge is 0.481 e. The molecule has 1 rings (SSSR count). The Morgan fingerprint density at radius 2 is 1.89 bits per heavy atom. The molecule has 3 atom stereocenters. The fourth-order valence-electron chi connectivity index (χ4n) is 2.25. The van der Waals surface area contributed by atoms with E-state index in [4.69, 9.17) is 9.84 Å². The van der Waals surface area contributed by atoms with E-state index in [1.54, 1.807) is 7.11 Å². The van der Waals surface area contributed by atoms with Crippen LogP contribution in [-0.2, 0) is 14.3 Å². The zero-order valence-corrected chi connectivity index (χ0v) is 11.8. The van der Waals surface area contributed by atoms with Crippen molar-refractivity contribution in [2.45, 2.75) is 32.7 Å². The van der Waals surface area contributed by atoms with Crippen molar-refractivity contribution in [2.75, 3.05) is 13.7 Å². The number of allylic oxidation sites excluding steroid dienone is 2. The SMILES string of the molecule is COCC(NC(=O)[C@@H]1CC=CC[C@@H]1C(=O)O)C(C)C. The zero-order valence-electron chi connectivity index (χ0n) is 11.8. The number of carbonyl (C=O) groups is 2. The number of carboxylic acid groups (broad SMARTS) is 1. The maximum absolute atomic E-state index is 12.2. The first-order valence-corrected chi connectivity index (χ1v) is 6.64. The highest BCUT2D eigenvalue weighted by molar-refractivity contribution is 5.85. The number of hydrogen-bond acceptors (Lipinski definition) is 3. The molecular formula is C14H23NO4. The van der Waals surface area contributed by atoms with Gasteiger partial charge in [-0.15, -0.1) is 0 Å². The molecule has 0 saturated carbocycles. The molecule has 0 aromatic carbocycles. The van der Waals surface area contributed by atoms with Gasteiger partial charge in [-0.3, -0.25) is 9.59 Å². The second kappa shape index (κ2) is 7.28. The maximum atomic E-state index is 12.2. The number of rotatable bonds is 6. The van der Waals surface area contributed by atoms with Gasteiger partial charge >= 0.3 is 5.97 Å². The molecule has 5 heteroatoms. The fourth-order valence-corrected chi connectivity index (χ4v) is 2.25. The van der Waals surface area contributed by atoms with Crippen molar-refractivity contribution in [2.24, 2.45) is 17.8 Å². The minimum atomic E-state index is -0.905. The zero-order chi connectivity index (χ0) is 14.4. The Labute approximate surface area is 114 Å². The first kappa shape index (κ1) is 15.7. The highest BCUT2D eigenvalue weighted by Gasteiger charge is 2.34. The number of ether oxygens (including phenoxy) is 1. The topological polar surface area (TPSA) is 75.6 Å². The van der Waals surface area contributed by atoms with Gasteiger partial charge in [-0.25, -0.2) is 0 Å². The van der Waals surface area contributed by atoms with Crippen molar-refractivity contribution in [3.05, 3.63) is 12.2 Å². The van der Waals surface area contributed by atoms with E-state index in [1.165, 1.54) is 0 Å². The van der Waals surface area contributed by atoms with Crippen molar-refractivity contribution in [3.8, 4) is 0 Å². The fraction of sp³-hybridized carbons (Fsp3) is 0.714. The van der Waals surface area contributed by atoms with E-state index in [2.05, 4.69) is 5.32 Å². The van der Waals surface area contributed by atoms with Crippen LogP contribution in [0.3, 0.4) is 0 Å². The first-order valence-electron chi connectivity index (χ1n) is 6.64. The molecule has 1 aliphatic carbocycles. The molecule has 108 valence electrons. The van der Waals surface area contributed by atoms with Gasteiger partial charge in [-0.05, 0) is 18.8 Å². The summed E-state index contributed by atoms with van der Waals surface area (Å²) in [6.07, 6.45) is 4.62. The number of nitrogens with one attached hydrogen (secondary N) is 1. The molecule has 0 aromatic rings. The standard InChI is InChI=1S/C14H23NO4/c1-9(2)12(8-19-3)15-13(16)10-6-4-5-7-11(10)14(17)18/h4-5,9-12H,6-8H2,1-3H3,(H,15,16)(H,17,18)/t10-,11+,12?/m1/s1. The molecule has 1 aliphatic rings. The molecule has 0 aliphatic heterocycles. The van der Waals surface area contributed by atoms with Gasteiger partial charge in [0.05, 0.1) is 24.5 Å². The average molecular weight is 269 g/mol. The minimum absolute atomic E-state index is 0.0853. The maximum Gasteiger partial charge on any atom is 0.307 e. The molecule has 1 unspecified atom stereocenters. The molecule has 0 aromatic heterocycles. The lowest BCUT2D eigenvalue weighted by molar-refractivity contribution is -0.147. The molecule has 0 saturated heterocycles. The Kier molecular flexibility index (Phi) is 6.02. The average Bonchev–Trinajstić information content (AvgIpc) is 2.37. The molecule has 0 fully saturated rings. The van der Waals surface area contributed by atoms with Crippen LogP contribution in [0.15, 0.2) is 12.2 Å². The predicted molar refractivity (Wildman–Crippen MR) is 71.6 cm³/mol. The Balaban J connectivity index is 2.69. The Hall–Kier alpha value is -1.36. The van der Waals surface area contributed by atoms with Gasteiger partial charge in [0, 0.05) is 7.11 Å². The van der Waals surface area contributed by atoms with E-state index in [0.717, 1.165) is 0 Å². The Bertz CT molecular complexity index is 351. The summed E-state index contributed by atoms with van der Waals surface area (Å²) >= 11 is 0. The quantitative estimate of drug-likeness (QED) is 0.715. The summed E-state index contributed by atoms with van der Waals surface area (Å²) in [6.45, 7) is 4.43. The molecule has 5 nitrogen and oxygen atoms in total. The number of methoxy groups -OCH3 is 1. The van der Waals surface area contributed by atoms with Crippen LogP contribution in [0.5, 0.6) is 0 Å². The van der Waals surface area contributed by atoms with E-state index in [-0.39, 0.29) is 17.9 Å². The van der Waals surface area contributed by atoms with E-state index in [1.807, 2.05) is 26.0 Å². The highest BCUT2D eigenvalue weighted by Crippen LogP contribution is 2.26. The van der Waals surface area contributed by atoms with Crippen LogP contribution in [0.1, 0.15) is 26.7 Å².